The molecule has 1 N–H and O–H groups in total. The molecular formula is C23H23ClN4O3. The van der Waals surface area contributed by atoms with Crippen LogP contribution >= 0.6 is 11.6 Å². The summed E-state index contributed by atoms with van der Waals surface area (Å²) >= 11 is 6.21. The first-order valence-corrected chi connectivity index (χ1v) is 10.3. The molecule has 160 valence electrons. The number of aliphatic hydroxyl groups excluding tert-OH is 1. The summed E-state index contributed by atoms with van der Waals surface area (Å²) in [6.07, 6.45) is 1.76. The fourth-order valence-electron chi connectivity index (χ4n) is 3.97. The topological polar surface area (TPSA) is 78.1 Å². The molecule has 1 fully saturated rings. The molecule has 1 saturated heterocycles. The monoisotopic (exact) mass is 438 g/mol. The SMILES string of the molecule is Cc1nc2ccccn2c1C(O)=C1C(=O)C(=O)N(CCN(C)C)[C@@H]1c1cccc(Cl)c1. The molecule has 1 atom stereocenters. The largest absolute Gasteiger partial charge is 0.505 e. The second-order valence-corrected chi connectivity index (χ2v) is 8.26. The van der Waals surface area contributed by atoms with Gasteiger partial charge in [-0.05, 0) is 50.8 Å². The maximum Gasteiger partial charge on any atom is 0.295 e. The van der Waals surface area contributed by atoms with Crippen molar-refractivity contribution in [2.75, 3.05) is 27.2 Å². The second-order valence-electron chi connectivity index (χ2n) is 7.83. The summed E-state index contributed by atoms with van der Waals surface area (Å²) in [6.45, 7) is 2.66. The van der Waals surface area contributed by atoms with Crippen LogP contribution in [0.5, 0.6) is 0 Å². The molecular weight excluding hydrogens is 416 g/mol. The number of aromatic nitrogens is 2. The lowest BCUT2D eigenvalue weighted by molar-refractivity contribution is -0.140. The molecule has 31 heavy (non-hydrogen) atoms. The summed E-state index contributed by atoms with van der Waals surface area (Å²) in [5, 5.41) is 11.8. The van der Waals surface area contributed by atoms with Gasteiger partial charge in [0.2, 0.25) is 0 Å². The van der Waals surface area contributed by atoms with Crippen LogP contribution in [0.1, 0.15) is 23.0 Å². The van der Waals surface area contributed by atoms with Crippen molar-refractivity contribution in [2.45, 2.75) is 13.0 Å². The Labute approximate surface area is 185 Å². The van der Waals surface area contributed by atoms with Crippen molar-refractivity contribution in [1.29, 1.82) is 0 Å². The maximum atomic E-state index is 13.1. The van der Waals surface area contributed by atoms with Gasteiger partial charge in [0.1, 0.15) is 11.3 Å². The lowest BCUT2D eigenvalue weighted by Gasteiger charge is -2.26. The molecule has 0 unspecified atom stereocenters. The van der Waals surface area contributed by atoms with Gasteiger partial charge in [0, 0.05) is 24.3 Å². The van der Waals surface area contributed by atoms with Gasteiger partial charge in [-0.3, -0.25) is 14.0 Å². The summed E-state index contributed by atoms with van der Waals surface area (Å²) in [5.74, 6) is -1.60. The number of aliphatic hydroxyl groups is 1. The van der Waals surface area contributed by atoms with E-state index >= 15 is 0 Å². The molecule has 3 heterocycles. The van der Waals surface area contributed by atoms with Gasteiger partial charge in [0.15, 0.2) is 5.76 Å². The first-order valence-electron chi connectivity index (χ1n) is 9.92. The van der Waals surface area contributed by atoms with Gasteiger partial charge < -0.3 is 14.9 Å². The molecule has 0 radical (unpaired) electrons. The number of likely N-dealkylation sites (tertiary alicyclic amines) is 1. The Hall–Kier alpha value is -3.16. The molecule has 0 bridgehead atoms. The van der Waals surface area contributed by atoms with Gasteiger partial charge in [0.25, 0.3) is 11.7 Å². The minimum Gasteiger partial charge on any atom is -0.505 e. The van der Waals surface area contributed by atoms with E-state index in [4.69, 9.17) is 11.6 Å². The Balaban J connectivity index is 1.93. The van der Waals surface area contributed by atoms with Crippen molar-refractivity contribution in [2.24, 2.45) is 0 Å². The Morgan fingerprint density at radius 1 is 1.19 bits per heavy atom. The van der Waals surface area contributed by atoms with Crippen molar-refractivity contribution >= 4 is 34.7 Å². The van der Waals surface area contributed by atoms with E-state index in [0.717, 1.165) is 0 Å². The third-order valence-electron chi connectivity index (χ3n) is 5.42. The number of nitrogens with zero attached hydrogens (tertiary/aromatic N) is 4. The van der Waals surface area contributed by atoms with E-state index in [-0.39, 0.29) is 11.3 Å². The highest BCUT2D eigenvalue weighted by Crippen LogP contribution is 2.40. The number of likely N-dealkylation sites (N-methyl/N-ethyl adjacent to an activating group) is 1. The number of carbonyl (C=O) groups excluding carboxylic acids is 2. The van der Waals surface area contributed by atoms with Crippen LogP contribution < -0.4 is 0 Å². The predicted octanol–water partition coefficient (Wildman–Crippen LogP) is 3.28. The highest BCUT2D eigenvalue weighted by Gasteiger charge is 2.46. The summed E-state index contributed by atoms with van der Waals surface area (Å²) in [6, 6.07) is 11.7. The number of hydrogen-bond donors (Lipinski definition) is 1. The number of Topliss-reactive ketones (excluding diaryl/α,β-unsaturated/α-hetero) is 1. The van der Waals surface area contributed by atoms with Gasteiger partial charge in [-0.15, -0.1) is 0 Å². The van der Waals surface area contributed by atoms with Crippen LogP contribution in [-0.2, 0) is 9.59 Å². The number of aryl methyl sites for hydroxylation is 1. The van der Waals surface area contributed by atoms with E-state index in [2.05, 4.69) is 4.98 Å². The lowest BCUT2D eigenvalue weighted by atomic mass is 9.96. The van der Waals surface area contributed by atoms with Gasteiger partial charge >= 0.3 is 0 Å². The van der Waals surface area contributed by atoms with E-state index in [1.807, 2.05) is 37.2 Å². The quantitative estimate of drug-likeness (QED) is 0.376. The number of pyridine rings is 1. The molecule has 0 saturated carbocycles. The van der Waals surface area contributed by atoms with Crippen LogP contribution in [0.15, 0.2) is 54.2 Å². The van der Waals surface area contributed by atoms with E-state index in [1.165, 1.54) is 4.90 Å². The number of carbonyl (C=O) groups is 2. The average Bonchev–Trinajstić information content (AvgIpc) is 3.19. The second kappa shape index (κ2) is 8.17. The predicted molar refractivity (Wildman–Crippen MR) is 119 cm³/mol. The van der Waals surface area contributed by atoms with Gasteiger partial charge in [0.05, 0.1) is 17.3 Å². The van der Waals surface area contributed by atoms with Crippen LogP contribution in [0, 0.1) is 6.92 Å². The van der Waals surface area contributed by atoms with E-state index in [1.54, 1.807) is 41.8 Å². The smallest absolute Gasteiger partial charge is 0.295 e. The molecule has 1 aliphatic heterocycles. The molecule has 8 heteroatoms. The Morgan fingerprint density at radius 2 is 1.97 bits per heavy atom. The van der Waals surface area contributed by atoms with Gasteiger partial charge in [-0.1, -0.05) is 29.8 Å². The van der Waals surface area contributed by atoms with Gasteiger partial charge in [-0.2, -0.15) is 0 Å². The molecule has 0 aliphatic carbocycles. The molecule has 4 rings (SSSR count). The van der Waals surface area contributed by atoms with Crippen LogP contribution in [0.2, 0.25) is 5.02 Å². The number of halogens is 1. The highest BCUT2D eigenvalue weighted by molar-refractivity contribution is 6.46. The van der Waals surface area contributed by atoms with Crippen LogP contribution in [-0.4, -0.2) is 63.2 Å². The number of hydrogen-bond acceptors (Lipinski definition) is 5. The normalized spacial score (nSPS) is 18.5. The van der Waals surface area contributed by atoms with Crippen molar-refractivity contribution in [3.05, 3.63) is 76.2 Å². The van der Waals surface area contributed by atoms with Gasteiger partial charge in [-0.25, -0.2) is 4.98 Å². The zero-order valence-electron chi connectivity index (χ0n) is 17.5. The minimum atomic E-state index is -0.743. The van der Waals surface area contributed by atoms with Crippen molar-refractivity contribution in [3.63, 3.8) is 0 Å². The van der Waals surface area contributed by atoms with Crippen LogP contribution in [0.3, 0.4) is 0 Å². The van der Waals surface area contributed by atoms with Crippen molar-refractivity contribution in [3.8, 4) is 0 Å². The minimum absolute atomic E-state index is 0.0415. The summed E-state index contributed by atoms with van der Waals surface area (Å²) in [5.41, 5.74) is 2.31. The molecule has 2 aromatic heterocycles. The Kier molecular flexibility index (Phi) is 5.56. The van der Waals surface area contributed by atoms with Crippen molar-refractivity contribution in [1.82, 2.24) is 19.2 Å². The van der Waals surface area contributed by atoms with Crippen LogP contribution in [0.4, 0.5) is 0 Å². The number of ketones is 1. The summed E-state index contributed by atoms with van der Waals surface area (Å²) in [7, 11) is 3.79. The molecule has 0 spiro atoms. The number of rotatable bonds is 5. The average molecular weight is 439 g/mol. The fraction of sp³-hybridized carbons (Fsp3) is 0.261. The van der Waals surface area contributed by atoms with E-state index in [0.29, 0.717) is 40.7 Å². The summed E-state index contributed by atoms with van der Waals surface area (Å²) < 4.78 is 1.72. The van der Waals surface area contributed by atoms with Crippen LogP contribution in [0.25, 0.3) is 11.4 Å². The number of amides is 1. The number of benzene rings is 1. The number of imidazole rings is 1. The first kappa shape index (κ1) is 21.1. The standard InChI is InChI=1S/C23H23ClN4O3/c1-14-19(27-10-5-4-9-17(27)25-14)21(29)18-20(15-7-6-8-16(24)13-15)28(12-11-26(2)3)23(31)22(18)30/h4-10,13,20,29H,11-12H2,1-3H3/t20-/m1/s1. The molecule has 1 aromatic carbocycles. The molecule has 3 aromatic rings. The van der Waals surface area contributed by atoms with E-state index < -0.39 is 17.7 Å². The first-order chi connectivity index (χ1) is 14.8. The maximum absolute atomic E-state index is 13.1. The Morgan fingerprint density at radius 3 is 2.68 bits per heavy atom. The van der Waals surface area contributed by atoms with E-state index in [9.17, 15) is 14.7 Å². The number of fused-ring (bicyclic) bond motifs is 1. The molecule has 1 amide bonds. The third-order valence-corrected chi connectivity index (χ3v) is 5.66. The fourth-order valence-corrected chi connectivity index (χ4v) is 4.17. The molecule has 1 aliphatic rings. The Bertz CT molecular complexity index is 1210. The van der Waals surface area contributed by atoms with Crippen molar-refractivity contribution < 1.29 is 14.7 Å². The molecule has 7 nitrogen and oxygen atoms in total. The zero-order chi connectivity index (χ0) is 22.3. The lowest BCUT2D eigenvalue weighted by Crippen LogP contribution is -2.35. The zero-order valence-corrected chi connectivity index (χ0v) is 18.3. The highest BCUT2D eigenvalue weighted by atomic mass is 35.5. The summed E-state index contributed by atoms with van der Waals surface area (Å²) in [4.78, 5) is 34.0. The third kappa shape index (κ3) is 3.71.